The van der Waals surface area contributed by atoms with E-state index in [4.69, 9.17) is 4.74 Å². The van der Waals surface area contributed by atoms with E-state index < -0.39 is 6.09 Å². The number of nitrogens with one attached hydrogen (secondary N) is 1. The van der Waals surface area contributed by atoms with Crippen molar-refractivity contribution in [1.82, 2.24) is 5.32 Å². The van der Waals surface area contributed by atoms with Crippen LogP contribution in [0.25, 0.3) is 11.1 Å². The molecular formula is C25H20BrNO2. The van der Waals surface area contributed by atoms with E-state index in [0.717, 1.165) is 16.5 Å². The monoisotopic (exact) mass is 445 g/mol. The van der Waals surface area contributed by atoms with Gasteiger partial charge in [0.05, 0.1) is 6.54 Å². The third-order valence-electron chi connectivity index (χ3n) is 5.05. The number of alkyl halides is 1. The summed E-state index contributed by atoms with van der Waals surface area (Å²) >= 11 is 3.46. The first-order valence-corrected chi connectivity index (χ1v) is 10.6. The lowest BCUT2D eigenvalue weighted by Crippen LogP contribution is -2.26. The maximum absolute atomic E-state index is 12.1. The van der Waals surface area contributed by atoms with Crippen molar-refractivity contribution >= 4 is 22.0 Å². The highest BCUT2D eigenvalue weighted by molar-refractivity contribution is 9.08. The number of hydrogen-bond acceptors (Lipinski definition) is 2. The number of halogens is 1. The molecule has 0 saturated carbocycles. The number of amides is 1. The maximum Gasteiger partial charge on any atom is 0.407 e. The van der Waals surface area contributed by atoms with Gasteiger partial charge in [-0.1, -0.05) is 94.5 Å². The maximum atomic E-state index is 12.1. The van der Waals surface area contributed by atoms with E-state index in [9.17, 15) is 4.79 Å². The fraction of sp³-hybridized carbons (Fsp3) is 0.160. The largest absolute Gasteiger partial charge is 0.449 e. The molecule has 0 bridgehead atoms. The van der Waals surface area contributed by atoms with Crippen molar-refractivity contribution in [2.75, 3.05) is 13.2 Å². The Morgan fingerprint density at radius 1 is 0.931 bits per heavy atom. The van der Waals surface area contributed by atoms with E-state index >= 15 is 0 Å². The summed E-state index contributed by atoms with van der Waals surface area (Å²) in [6.07, 6.45) is -0.449. The second kappa shape index (κ2) is 8.98. The lowest BCUT2D eigenvalue weighted by molar-refractivity contribution is 0.144. The predicted octanol–water partition coefficient (Wildman–Crippen LogP) is 5.47. The van der Waals surface area contributed by atoms with Gasteiger partial charge in [0.15, 0.2) is 0 Å². The summed E-state index contributed by atoms with van der Waals surface area (Å²) in [5.74, 6) is 6.14. The number of alkyl carbamates (subject to hydrolysis) is 1. The SMILES string of the molecule is O=C(NCC#Cc1ccccc1CBr)OCC1c2ccccc2-c2ccccc21. The summed E-state index contributed by atoms with van der Waals surface area (Å²) < 4.78 is 5.51. The molecule has 0 spiro atoms. The van der Waals surface area contributed by atoms with Gasteiger partial charge in [-0.05, 0) is 33.9 Å². The molecule has 3 nitrogen and oxygen atoms in total. The first-order valence-electron chi connectivity index (χ1n) is 9.49. The van der Waals surface area contributed by atoms with E-state index in [1.54, 1.807) is 0 Å². The molecule has 0 aliphatic heterocycles. The lowest BCUT2D eigenvalue weighted by atomic mass is 9.98. The van der Waals surface area contributed by atoms with Crippen LogP contribution in [0.3, 0.4) is 0 Å². The summed E-state index contributed by atoms with van der Waals surface area (Å²) in [4.78, 5) is 12.1. The van der Waals surface area contributed by atoms with E-state index in [1.807, 2.05) is 48.5 Å². The van der Waals surface area contributed by atoms with Crippen molar-refractivity contribution in [3.05, 3.63) is 95.1 Å². The Morgan fingerprint density at radius 3 is 2.24 bits per heavy atom. The van der Waals surface area contributed by atoms with E-state index in [1.165, 1.54) is 22.3 Å². The van der Waals surface area contributed by atoms with Crippen LogP contribution in [0.2, 0.25) is 0 Å². The number of benzene rings is 3. The zero-order valence-electron chi connectivity index (χ0n) is 15.8. The van der Waals surface area contributed by atoms with Gasteiger partial charge in [-0.25, -0.2) is 4.79 Å². The van der Waals surface area contributed by atoms with Crippen molar-refractivity contribution in [2.45, 2.75) is 11.2 Å². The van der Waals surface area contributed by atoms with E-state index in [0.29, 0.717) is 6.61 Å². The molecule has 0 unspecified atom stereocenters. The van der Waals surface area contributed by atoms with Crippen LogP contribution in [0.5, 0.6) is 0 Å². The van der Waals surface area contributed by atoms with Crippen LogP contribution in [0, 0.1) is 11.8 Å². The minimum atomic E-state index is -0.449. The first-order chi connectivity index (χ1) is 14.3. The van der Waals surface area contributed by atoms with E-state index in [-0.39, 0.29) is 12.5 Å². The zero-order valence-corrected chi connectivity index (χ0v) is 17.4. The van der Waals surface area contributed by atoms with Gasteiger partial charge in [-0.3, -0.25) is 0 Å². The van der Waals surface area contributed by atoms with Gasteiger partial charge in [-0.15, -0.1) is 0 Å². The number of carbonyl (C=O) groups is 1. The summed E-state index contributed by atoms with van der Waals surface area (Å²) in [6, 6.07) is 24.5. The molecule has 1 aliphatic rings. The van der Waals surface area contributed by atoms with Crippen LogP contribution in [-0.2, 0) is 10.1 Å². The molecule has 4 heteroatoms. The van der Waals surface area contributed by atoms with Crippen molar-refractivity contribution in [3.63, 3.8) is 0 Å². The van der Waals surface area contributed by atoms with Crippen LogP contribution >= 0.6 is 15.9 Å². The summed E-state index contributed by atoms with van der Waals surface area (Å²) in [5.41, 5.74) is 6.92. The molecule has 0 aromatic heterocycles. The van der Waals surface area contributed by atoms with Gasteiger partial charge >= 0.3 is 6.09 Å². The molecule has 1 N–H and O–H groups in total. The Hall–Kier alpha value is -3.03. The molecule has 1 aliphatic carbocycles. The van der Waals surface area contributed by atoms with Gasteiger partial charge in [0, 0.05) is 16.8 Å². The quantitative estimate of drug-likeness (QED) is 0.426. The molecule has 0 radical (unpaired) electrons. The number of carbonyl (C=O) groups excluding carboxylic acids is 1. The number of fused-ring (bicyclic) bond motifs is 3. The fourth-order valence-corrected chi connectivity index (χ4v) is 4.15. The van der Waals surface area contributed by atoms with Crippen molar-refractivity contribution < 1.29 is 9.53 Å². The summed E-state index contributed by atoms with van der Waals surface area (Å²) in [6.45, 7) is 0.549. The lowest BCUT2D eigenvalue weighted by Gasteiger charge is -2.14. The molecule has 29 heavy (non-hydrogen) atoms. The molecule has 4 rings (SSSR count). The van der Waals surface area contributed by atoms with Crippen LogP contribution in [0.1, 0.15) is 28.2 Å². The predicted molar refractivity (Wildman–Crippen MR) is 119 cm³/mol. The van der Waals surface area contributed by atoms with Gasteiger partial charge in [0.25, 0.3) is 0 Å². The first kappa shape index (κ1) is 19.3. The average Bonchev–Trinajstić information content (AvgIpc) is 3.09. The third kappa shape index (κ3) is 4.21. The van der Waals surface area contributed by atoms with Crippen LogP contribution in [-0.4, -0.2) is 19.2 Å². The molecular weight excluding hydrogens is 426 g/mol. The number of hydrogen-bond donors (Lipinski definition) is 1. The van der Waals surface area contributed by atoms with Crippen molar-refractivity contribution in [2.24, 2.45) is 0 Å². The molecule has 1 amide bonds. The molecule has 144 valence electrons. The van der Waals surface area contributed by atoms with Crippen molar-refractivity contribution in [1.29, 1.82) is 0 Å². The minimum Gasteiger partial charge on any atom is -0.449 e. The van der Waals surface area contributed by atoms with Crippen LogP contribution < -0.4 is 5.32 Å². The topological polar surface area (TPSA) is 38.3 Å². The highest BCUT2D eigenvalue weighted by Gasteiger charge is 2.28. The molecule has 3 aromatic rings. The standard InChI is InChI=1S/C25H20BrNO2/c26-16-19-9-2-1-8-18(19)10-7-15-27-25(28)29-17-24-22-13-5-3-11-20(22)21-12-4-6-14-23(21)24/h1-6,8-9,11-14,24H,15-17H2,(H,27,28). The highest BCUT2D eigenvalue weighted by atomic mass is 79.9. The van der Waals surface area contributed by atoms with Crippen LogP contribution in [0.15, 0.2) is 72.8 Å². The fourth-order valence-electron chi connectivity index (χ4n) is 3.66. The zero-order chi connectivity index (χ0) is 20.1. The summed E-state index contributed by atoms with van der Waals surface area (Å²) in [5, 5.41) is 3.46. The number of rotatable bonds is 4. The van der Waals surface area contributed by atoms with Gasteiger partial charge < -0.3 is 10.1 Å². The van der Waals surface area contributed by atoms with Crippen molar-refractivity contribution in [3.8, 4) is 23.0 Å². The molecule has 3 aromatic carbocycles. The normalized spacial score (nSPS) is 11.8. The van der Waals surface area contributed by atoms with Gasteiger partial charge in [0.2, 0.25) is 0 Å². The smallest absolute Gasteiger partial charge is 0.407 e. The second-order valence-corrected chi connectivity index (χ2v) is 7.33. The average molecular weight is 446 g/mol. The second-order valence-electron chi connectivity index (χ2n) is 6.77. The Balaban J connectivity index is 1.36. The minimum absolute atomic E-state index is 0.0602. The summed E-state index contributed by atoms with van der Waals surface area (Å²) in [7, 11) is 0. The van der Waals surface area contributed by atoms with Gasteiger partial charge in [-0.2, -0.15) is 0 Å². The Morgan fingerprint density at radius 2 is 1.55 bits per heavy atom. The highest BCUT2D eigenvalue weighted by Crippen LogP contribution is 2.44. The number of ether oxygens (including phenoxy) is 1. The molecule has 0 heterocycles. The van der Waals surface area contributed by atoms with Crippen LogP contribution in [0.4, 0.5) is 4.79 Å². The Labute approximate surface area is 179 Å². The Bertz CT molecular complexity index is 1050. The molecule has 0 fully saturated rings. The van der Waals surface area contributed by atoms with Gasteiger partial charge in [0.1, 0.15) is 6.61 Å². The molecule has 0 atom stereocenters. The third-order valence-corrected chi connectivity index (χ3v) is 5.65. The Kier molecular flexibility index (Phi) is 5.97. The molecule has 0 saturated heterocycles. The van der Waals surface area contributed by atoms with E-state index in [2.05, 4.69) is 57.4 Å².